The maximum absolute atomic E-state index is 10.4. The summed E-state index contributed by atoms with van der Waals surface area (Å²) < 4.78 is 2.61. The van der Waals surface area contributed by atoms with Crippen molar-refractivity contribution in [3.05, 3.63) is 0 Å². The van der Waals surface area contributed by atoms with E-state index < -0.39 is 18.0 Å². The van der Waals surface area contributed by atoms with Crippen molar-refractivity contribution < 1.29 is 19.8 Å². The van der Waals surface area contributed by atoms with Crippen LogP contribution in [0.15, 0.2) is 0 Å². The molecular formula is C5H9NO4SSe. The molecule has 0 saturated heterocycles. The minimum absolute atomic E-state index is 0.0233. The van der Waals surface area contributed by atoms with Crippen molar-refractivity contribution in [3.63, 3.8) is 0 Å². The van der Waals surface area contributed by atoms with Gasteiger partial charge in [-0.1, -0.05) is 0 Å². The van der Waals surface area contributed by atoms with Gasteiger partial charge in [0.25, 0.3) is 0 Å². The molecule has 0 heterocycles. The molecule has 0 spiro atoms. The Morgan fingerprint density at radius 3 is 2.42 bits per heavy atom. The Balaban J connectivity index is 3.59. The van der Waals surface area contributed by atoms with E-state index >= 15 is 0 Å². The molecule has 0 aromatic rings. The van der Waals surface area contributed by atoms with Crippen molar-refractivity contribution >= 4 is 39.7 Å². The molecule has 3 N–H and O–H groups in total. The zero-order chi connectivity index (χ0) is 9.56. The molecule has 0 aliphatic heterocycles. The Labute approximate surface area is 81.3 Å². The Kier molecular flexibility index (Phi) is 6.18. The number of nitrogens with one attached hydrogen (secondary N) is 1. The SMILES string of the molecule is O=C(O)C[Se]NC(CS)C(=O)O. The molecule has 7 heteroatoms. The minimum atomic E-state index is -1.00. The molecule has 5 nitrogen and oxygen atoms in total. The van der Waals surface area contributed by atoms with Gasteiger partial charge in [0, 0.05) is 0 Å². The van der Waals surface area contributed by atoms with Crippen LogP contribution >= 0.6 is 12.6 Å². The van der Waals surface area contributed by atoms with Gasteiger partial charge in [-0.2, -0.15) is 0 Å². The van der Waals surface area contributed by atoms with Gasteiger partial charge < -0.3 is 0 Å². The van der Waals surface area contributed by atoms with Gasteiger partial charge in [0.05, 0.1) is 0 Å². The molecule has 0 saturated carbocycles. The number of hydrogen-bond acceptors (Lipinski definition) is 4. The molecule has 0 aromatic carbocycles. The summed E-state index contributed by atoms with van der Waals surface area (Å²) in [5.41, 5.74) is 0. The summed E-state index contributed by atoms with van der Waals surface area (Å²) in [6, 6.07) is -0.743. The average Bonchev–Trinajstić information content (AvgIpc) is 1.96. The molecule has 0 aliphatic rings. The molecule has 0 aliphatic carbocycles. The Bertz CT molecular complexity index is 177. The molecule has 0 fully saturated rings. The summed E-state index contributed by atoms with van der Waals surface area (Å²) in [5, 5.41) is 16.7. The van der Waals surface area contributed by atoms with Gasteiger partial charge in [-0.25, -0.2) is 0 Å². The Morgan fingerprint density at radius 1 is 1.50 bits per heavy atom. The quantitative estimate of drug-likeness (QED) is 0.366. The number of carboxylic acid groups (broad SMARTS) is 2. The number of carboxylic acids is 2. The number of hydrogen-bond donors (Lipinski definition) is 4. The first-order valence-corrected chi connectivity index (χ1v) is 5.70. The standard InChI is InChI=1S/C5H9NO4SSe/c7-4(8)2-12-6-3(1-11)5(9)10/h3,6,11H,1-2H2,(H,7,8)(H,9,10). The molecule has 0 radical (unpaired) electrons. The van der Waals surface area contributed by atoms with E-state index in [4.69, 9.17) is 10.2 Å². The van der Waals surface area contributed by atoms with Gasteiger partial charge >= 0.3 is 81.0 Å². The van der Waals surface area contributed by atoms with Gasteiger partial charge in [0.15, 0.2) is 0 Å². The molecule has 0 amide bonds. The van der Waals surface area contributed by atoms with Crippen LogP contribution in [-0.4, -0.2) is 49.1 Å². The first kappa shape index (κ1) is 11.8. The van der Waals surface area contributed by atoms with E-state index in [-0.39, 0.29) is 26.2 Å². The van der Waals surface area contributed by atoms with Crippen molar-refractivity contribution in [1.29, 1.82) is 0 Å². The normalized spacial score (nSPS) is 12.4. The number of aliphatic carboxylic acids is 2. The van der Waals surface area contributed by atoms with Gasteiger partial charge in [-0.3, -0.25) is 0 Å². The summed E-state index contributed by atoms with van der Waals surface area (Å²) in [6.45, 7) is 0. The fourth-order valence-corrected chi connectivity index (χ4v) is 2.14. The predicted octanol–water partition coefficient (Wildman–Crippen LogP) is -0.919. The third-order valence-corrected chi connectivity index (χ3v) is 3.03. The van der Waals surface area contributed by atoms with E-state index in [1.807, 2.05) is 0 Å². The fraction of sp³-hybridized carbons (Fsp3) is 0.600. The second kappa shape index (κ2) is 6.30. The van der Waals surface area contributed by atoms with Crippen molar-refractivity contribution in [3.8, 4) is 0 Å². The summed E-state index contributed by atoms with van der Waals surface area (Å²) in [6.07, 6.45) is 0. The van der Waals surface area contributed by atoms with E-state index in [0.29, 0.717) is 0 Å². The number of thiol groups is 1. The van der Waals surface area contributed by atoms with Crippen molar-refractivity contribution in [2.75, 3.05) is 5.75 Å². The molecule has 0 aromatic heterocycles. The van der Waals surface area contributed by atoms with Gasteiger partial charge in [-0.05, 0) is 0 Å². The van der Waals surface area contributed by atoms with Crippen LogP contribution < -0.4 is 4.33 Å². The Morgan fingerprint density at radius 2 is 2.08 bits per heavy atom. The van der Waals surface area contributed by atoms with Gasteiger partial charge in [0.1, 0.15) is 0 Å². The van der Waals surface area contributed by atoms with Gasteiger partial charge in [-0.15, -0.1) is 0 Å². The van der Waals surface area contributed by atoms with Crippen LogP contribution in [0.2, 0.25) is 5.32 Å². The zero-order valence-corrected chi connectivity index (χ0v) is 8.67. The van der Waals surface area contributed by atoms with E-state index in [9.17, 15) is 9.59 Å². The molecule has 70 valence electrons. The number of rotatable bonds is 6. The summed E-state index contributed by atoms with van der Waals surface area (Å²) in [4.78, 5) is 20.4. The topological polar surface area (TPSA) is 86.6 Å². The van der Waals surface area contributed by atoms with Crippen molar-refractivity contribution in [2.45, 2.75) is 11.4 Å². The molecule has 1 unspecified atom stereocenters. The van der Waals surface area contributed by atoms with Crippen LogP contribution in [0.4, 0.5) is 0 Å². The molecule has 1 atom stereocenters. The van der Waals surface area contributed by atoms with Crippen LogP contribution in [0.1, 0.15) is 0 Å². The zero-order valence-electron chi connectivity index (χ0n) is 6.06. The third-order valence-electron chi connectivity index (χ3n) is 0.902. The maximum atomic E-state index is 10.4. The van der Waals surface area contributed by atoms with Crippen LogP contribution in [0.25, 0.3) is 0 Å². The molecule has 12 heavy (non-hydrogen) atoms. The predicted molar refractivity (Wildman–Crippen MR) is 46.6 cm³/mol. The molecular weight excluding hydrogens is 249 g/mol. The van der Waals surface area contributed by atoms with E-state index in [2.05, 4.69) is 17.0 Å². The van der Waals surface area contributed by atoms with Crippen LogP contribution in [0.5, 0.6) is 0 Å². The van der Waals surface area contributed by atoms with E-state index in [1.54, 1.807) is 0 Å². The average molecular weight is 258 g/mol. The van der Waals surface area contributed by atoms with Crippen LogP contribution in [0, 0.1) is 0 Å². The second-order valence-electron chi connectivity index (χ2n) is 1.87. The monoisotopic (exact) mass is 259 g/mol. The van der Waals surface area contributed by atoms with Gasteiger partial charge in [0.2, 0.25) is 0 Å². The van der Waals surface area contributed by atoms with Crippen molar-refractivity contribution in [2.24, 2.45) is 0 Å². The van der Waals surface area contributed by atoms with Crippen LogP contribution in [-0.2, 0) is 9.59 Å². The molecule has 0 rings (SSSR count). The summed E-state index contributed by atoms with van der Waals surface area (Å²) in [5.74, 6) is -1.76. The van der Waals surface area contributed by atoms with E-state index in [1.165, 1.54) is 0 Å². The third kappa shape index (κ3) is 5.42. The first-order chi connectivity index (χ1) is 5.57. The fourth-order valence-electron chi connectivity index (χ4n) is 0.370. The first-order valence-electron chi connectivity index (χ1n) is 3.00. The summed E-state index contributed by atoms with van der Waals surface area (Å²) >= 11 is 3.42. The van der Waals surface area contributed by atoms with Crippen molar-refractivity contribution in [1.82, 2.24) is 4.33 Å². The number of carbonyl (C=O) groups is 2. The summed E-state index contributed by atoms with van der Waals surface area (Å²) in [7, 11) is 0. The Hall–Kier alpha value is -0.231. The van der Waals surface area contributed by atoms with E-state index in [0.717, 1.165) is 0 Å². The van der Waals surface area contributed by atoms with Crippen LogP contribution in [0.3, 0.4) is 0 Å². The molecule has 0 bridgehead atoms. The second-order valence-corrected chi connectivity index (χ2v) is 3.94.